The maximum Gasteiger partial charge on any atom is 0.252 e. The Kier molecular flexibility index (Phi) is 5.54. The van der Waals surface area contributed by atoms with Crippen LogP contribution in [-0.4, -0.2) is 37.2 Å². The summed E-state index contributed by atoms with van der Waals surface area (Å²) in [6.07, 6.45) is 5.20. The monoisotopic (exact) mass is 273 g/mol. The minimum atomic E-state index is -0.118. The molecule has 0 aromatic carbocycles. The molecule has 2 rings (SSSR count). The number of ether oxygens (including phenoxy) is 1. The number of nitrogens with two attached hydrogens (primary N) is 1. The number of amides is 1. The van der Waals surface area contributed by atoms with Crippen LogP contribution >= 0.6 is 0 Å². The summed E-state index contributed by atoms with van der Waals surface area (Å²) in [6.45, 7) is 2.55. The first-order valence-corrected chi connectivity index (χ1v) is 6.80. The van der Waals surface area contributed by atoms with Gasteiger partial charge in [0.2, 0.25) is 0 Å². The second-order valence-corrected chi connectivity index (χ2v) is 4.70. The number of hydrogen-bond donors (Lipinski definition) is 2. The van der Waals surface area contributed by atoms with Crippen LogP contribution in [0.2, 0.25) is 0 Å². The Morgan fingerprint density at radius 1 is 1.60 bits per heavy atom. The Bertz CT molecular complexity index is 513. The number of hydrogen-bond acceptors (Lipinski definition) is 4. The van der Waals surface area contributed by atoms with Crippen molar-refractivity contribution in [2.75, 3.05) is 26.3 Å². The molecule has 1 aromatic rings. The zero-order valence-corrected chi connectivity index (χ0v) is 11.4. The average Bonchev–Trinajstić information content (AvgIpc) is 2.98. The zero-order valence-electron chi connectivity index (χ0n) is 11.4. The highest BCUT2D eigenvalue weighted by Gasteiger charge is 2.16. The third kappa shape index (κ3) is 4.05. The number of nitrogens with zero attached hydrogens (tertiary/aromatic N) is 1. The smallest absolute Gasteiger partial charge is 0.252 e. The van der Waals surface area contributed by atoms with Crippen molar-refractivity contribution < 1.29 is 9.53 Å². The topological polar surface area (TPSA) is 77.2 Å². The van der Waals surface area contributed by atoms with Gasteiger partial charge < -0.3 is 15.8 Å². The fourth-order valence-electron chi connectivity index (χ4n) is 2.13. The van der Waals surface area contributed by atoms with E-state index < -0.39 is 0 Å². The summed E-state index contributed by atoms with van der Waals surface area (Å²) in [4.78, 5) is 16.1. The molecule has 0 radical (unpaired) electrons. The third-order valence-corrected chi connectivity index (χ3v) is 3.25. The summed E-state index contributed by atoms with van der Waals surface area (Å²) in [5.74, 6) is 6.05. The molecule has 0 aliphatic carbocycles. The van der Waals surface area contributed by atoms with Crippen LogP contribution in [0.1, 0.15) is 28.8 Å². The summed E-state index contributed by atoms with van der Waals surface area (Å²) < 4.78 is 5.31. The molecule has 1 unspecified atom stereocenters. The van der Waals surface area contributed by atoms with E-state index in [9.17, 15) is 4.79 Å². The van der Waals surface area contributed by atoms with Gasteiger partial charge in [0, 0.05) is 32.2 Å². The molecule has 1 aliphatic rings. The van der Waals surface area contributed by atoms with E-state index in [-0.39, 0.29) is 12.5 Å². The van der Waals surface area contributed by atoms with Crippen molar-refractivity contribution in [3.05, 3.63) is 29.6 Å². The zero-order chi connectivity index (χ0) is 14.2. The Labute approximate surface area is 118 Å². The van der Waals surface area contributed by atoms with Crippen molar-refractivity contribution in [3.8, 4) is 11.8 Å². The molecule has 2 heterocycles. The summed E-state index contributed by atoms with van der Waals surface area (Å²) in [7, 11) is 0. The molecule has 1 saturated heterocycles. The molecule has 1 fully saturated rings. The van der Waals surface area contributed by atoms with Gasteiger partial charge >= 0.3 is 0 Å². The quantitative estimate of drug-likeness (QED) is 0.785. The van der Waals surface area contributed by atoms with Gasteiger partial charge in [0.1, 0.15) is 0 Å². The van der Waals surface area contributed by atoms with Crippen LogP contribution in [0, 0.1) is 17.8 Å². The number of nitrogens with one attached hydrogen (secondary N) is 1. The van der Waals surface area contributed by atoms with Crippen molar-refractivity contribution >= 4 is 5.91 Å². The van der Waals surface area contributed by atoms with Gasteiger partial charge in [-0.25, -0.2) is 0 Å². The fourth-order valence-corrected chi connectivity index (χ4v) is 2.13. The minimum Gasteiger partial charge on any atom is -0.381 e. The number of rotatable bonds is 4. The van der Waals surface area contributed by atoms with Crippen molar-refractivity contribution in [1.29, 1.82) is 0 Å². The van der Waals surface area contributed by atoms with Crippen molar-refractivity contribution in [2.24, 2.45) is 11.7 Å². The minimum absolute atomic E-state index is 0.118. The summed E-state index contributed by atoms with van der Waals surface area (Å²) in [6, 6.07) is 1.68. The third-order valence-electron chi connectivity index (χ3n) is 3.25. The molecule has 1 atom stereocenters. The average molecular weight is 273 g/mol. The molecular formula is C15H19N3O2. The molecule has 0 bridgehead atoms. The van der Waals surface area contributed by atoms with Gasteiger partial charge in [-0.1, -0.05) is 11.8 Å². The van der Waals surface area contributed by atoms with E-state index in [1.54, 1.807) is 18.5 Å². The van der Waals surface area contributed by atoms with Crippen LogP contribution in [0.15, 0.2) is 18.5 Å². The van der Waals surface area contributed by atoms with Crippen LogP contribution < -0.4 is 11.1 Å². The Morgan fingerprint density at radius 2 is 2.50 bits per heavy atom. The van der Waals surface area contributed by atoms with Gasteiger partial charge in [0.05, 0.1) is 17.7 Å². The molecular weight excluding hydrogens is 254 g/mol. The predicted molar refractivity (Wildman–Crippen MR) is 76.0 cm³/mol. The summed E-state index contributed by atoms with van der Waals surface area (Å²) in [5.41, 5.74) is 6.50. The first kappa shape index (κ1) is 14.5. The standard InChI is InChI=1S/C15H19N3O2/c16-6-1-2-13-10-17-7-4-14(13)15(19)18-8-3-12-5-9-20-11-12/h4,7,10,12H,3,5-6,8-9,11,16H2,(H,18,19). The Morgan fingerprint density at radius 3 is 3.25 bits per heavy atom. The van der Waals surface area contributed by atoms with E-state index in [0.29, 0.717) is 23.6 Å². The molecule has 106 valence electrons. The molecule has 5 heteroatoms. The lowest BCUT2D eigenvalue weighted by Gasteiger charge is -2.09. The van der Waals surface area contributed by atoms with Crippen molar-refractivity contribution in [3.63, 3.8) is 0 Å². The highest BCUT2D eigenvalue weighted by atomic mass is 16.5. The van der Waals surface area contributed by atoms with E-state index in [4.69, 9.17) is 10.5 Å². The van der Waals surface area contributed by atoms with Crippen LogP contribution in [0.5, 0.6) is 0 Å². The second-order valence-electron chi connectivity index (χ2n) is 4.70. The van der Waals surface area contributed by atoms with Crippen molar-refractivity contribution in [2.45, 2.75) is 12.8 Å². The number of aromatic nitrogens is 1. The first-order chi connectivity index (χ1) is 9.81. The highest BCUT2D eigenvalue weighted by Crippen LogP contribution is 2.15. The molecule has 0 saturated carbocycles. The second kappa shape index (κ2) is 7.63. The van der Waals surface area contributed by atoms with E-state index in [1.807, 2.05) is 0 Å². The predicted octanol–water partition coefficient (Wildman–Crippen LogP) is 0.548. The molecule has 1 aromatic heterocycles. The molecule has 1 aliphatic heterocycles. The van der Waals surface area contributed by atoms with Crippen LogP contribution in [0.3, 0.4) is 0 Å². The highest BCUT2D eigenvalue weighted by molar-refractivity contribution is 5.96. The molecule has 20 heavy (non-hydrogen) atoms. The van der Waals surface area contributed by atoms with Gasteiger partial charge in [-0.05, 0) is 24.8 Å². The lowest BCUT2D eigenvalue weighted by atomic mass is 10.1. The van der Waals surface area contributed by atoms with E-state index in [2.05, 4.69) is 22.1 Å². The van der Waals surface area contributed by atoms with E-state index >= 15 is 0 Å². The van der Waals surface area contributed by atoms with E-state index in [0.717, 1.165) is 26.1 Å². The summed E-state index contributed by atoms with van der Waals surface area (Å²) >= 11 is 0. The molecule has 5 nitrogen and oxygen atoms in total. The maximum absolute atomic E-state index is 12.1. The number of pyridine rings is 1. The fraction of sp³-hybridized carbons (Fsp3) is 0.467. The Balaban J connectivity index is 1.91. The maximum atomic E-state index is 12.1. The van der Waals surface area contributed by atoms with Crippen LogP contribution in [0.25, 0.3) is 0 Å². The number of carbonyl (C=O) groups is 1. The van der Waals surface area contributed by atoms with Gasteiger partial charge in [0.15, 0.2) is 0 Å². The molecule has 3 N–H and O–H groups in total. The van der Waals surface area contributed by atoms with E-state index in [1.165, 1.54) is 0 Å². The normalized spacial score (nSPS) is 17.4. The summed E-state index contributed by atoms with van der Waals surface area (Å²) in [5, 5.41) is 2.92. The Hall–Kier alpha value is -1.90. The van der Waals surface area contributed by atoms with Crippen LogP contribution in [-0.2, 0) is 4.74 Å². The lowest BCUT2D eigenvalue weighted by Crippen LogP contribution is -2.26. The van der Waals surface area contributed by atoms with Gasteiger partial charge in [0.25, 0.3) is 5.91 Å². The van der Waals surface area contributed by atoms with Gasteiger partial charge in [-0.2, -0.15) is 0 Å². The first-order valence-electron chi connectivity index (χ1n) is 6.80. The lowest BCUT2D eigenvalue weighted by molar-refractivity contribution is 0.0950. The number of carbonyl (C=O) groups excluding carboxylic acids is 1. The largest absolute Gasteiger partial charge is 0.381 e. The molecule has 0 spiro atoms. The van der Waals surface area contributed by atoms with Gasteiger partial charge in [-0.15, -0.1) is 0 Å². The van der Waals surface area contributed by atoms with Crippen molar-refractivity contribution in [1.82, 2.24) is 10.3 Å². The molecule has 1 amide bonds. The van der Waals surface area contributed by atoms with Crippen LogP contribution in [0.4, 0.5) is 0 Å². The SMILES string of the molecule is NCC#Cc1cnccc1C(=O)NCCC1CCOC1. The van der Waals surface area contributed by atoms with Gasteiger partial charge in [-0.3, -0.25) is 9.78 Å².